The van der Waals surface area contributed by atoms with E-state index in [9.17, 15) is 9.59 Å². The van der Waals surface area contributed by atoms with Gasteiger partial charge >= 0.3 is 5.97 Å². The van der Waals surface area contributed by atoms with Crippen molar-refractivity contribution < 1.29 is 14.3 Å². The van der Waals surface area contributed by atoms with Crippen molar-refractivity contribution in [1.29, 1.82) is 0 Å². The number of hydrogen-bond acceptors (Lipinski definition) is 3. The zero-order valence-corrected chi connectivity index (χ0v) is 21.2. The minimum absolute atomic E-state index is 0.146. The van der Waals surface area contributed by atoms with Crippen molar-refractivity contribution in [3.63, 3.8) is 0 Å². The SMILES string of the molecule is CCOC(=O)c1ccc(N(Cc2c(Cl)cccc2Cl)C(=O)C(c2ccccc2)c2ccccc2)cc1. The first-order valence-electron chi connectivity index (χ1n) is 11.6. The summed E-state index contributed by atoms with van der Waals surface area (Å²) in [7, 11) is 0. The van der Waals surface area contributed by atoms with Crippen LogP contribution >= 0.6 is 23.2 Å². The van der Waals surface area contributed by atoms with Crippen molar-refractivity contribution in [2.75, 3.05) is 11.5 Å². The summed E-state index contributed by atoms with van der Waals surface area (Å²) >= 11 is 13.0. The van der Waals surface area contributed by atoms with Gasteiger partial charge in [0.25, 0.3) is 0 Å². The molecule has 4 aromatic carbocycles. The molecule has 0 heterocycles. The second-order valence-corrected chi connectivity index (χ2v) is 8.96. The predicted molar refractivity (Wildman–Crippen MR) is 145 cm³/mol. The summed E-state index contributed by atoms with van der Waals surface area (Å²) in [4.78, 5) is 28.2. The topological polar surface area (TPSA) is 46.6 Å². The van der Waals surface area contributed by atoms with Crippen molar-refractivity contribution >= 4 is 40.8 Å². The Balaban J connectivity index is 1.80. The summed E-state index contributed by atoms with van der Waals surface area (Å²) in [6.07, 6.45) is 0. The van der Waals surface area contributed by atoms with Crippen LogP contribution in [0.4, 0.5) is 5.69 Å². The number of carbonyl (C=O) groups excluding carboxylic acids is 2. The summed E-state index contributed by atoms with van der Waals surface area (Å²) in [5, 5.41) is 0.943. The number of hydrogen-bond donors (Lipinski definition) is 0. The molecule has 6 heteroatoms. The van der Waals surface area contributed by atoms with E-state index in [-0.39, 0.29) is 19.1 Å². The molecule has 4 rings (SSSR count). The van der Waals surface area contributed by atoms with E-state index in [2.05, 4.69) is 0 Å². The van der Waals surface area contributed by atoms with Crippen LogP contribution in [0.1, 0.15) is 39.9 Å². The molecule has 0 aromatic heterocycles. The van der Waals surface area contributed by atoms with Gasteiger partial charge in [-0.25, -0.2) is 4.79 Å². The minimum Gasteiger partial charge on any atom is -0.462 e. The van der Waals surface area contributed by atoms with Crippen LogP contribution in [0, 0.1) is 0 Å². The van der Waals surface area contributed by atoms with Gasteiger partial charge in [-0.05, 0) is 54.4 Å². The molecule has 0 atom stereocenters. The molecule has 1 amide bonds. The number of amides is 1. The summed E-state index contributed by atoms with van der Waals surface area (Å²) in [5.41, 5.74) is 3.40. The van der Waals surface area contributed by atoms with Crippen LogP contribution in [0.3, 0.4) is 0 Å². The minimum atomic E-state index is -0.557. The Morgan fingerprint density at radius 3 is 1.78 bits per heavy atom. The third-order valence-corrected chi connectivity index (χ3v) is 6.56. The van der Waals surface area contributed by atoms with Crippen molar-refractivity contribution in [3.05, 3.63) is 135 Å². The summed E-state index contributed by atoms with van der Waals surface area (Å²) in [6, 6.07) is 31.4. The number of rotatable bonds is 8. The third-order valence-electron chi connectivity index (χ3n) is 5.85. The lowest BCUT2D eigenvalue weighted by Crippen LogP contribution is -2.35. The molecule has 0 saturated carbocycles. The van der Waals surface area contributed by atoms with Gasteiger partial charge in [0.1, 0.15) is 0 Å². The normalized spacial score (nSPS) is 10.8. The second-order valence-electron chi connectivity index (χ2n) is 8.15. The maximum atomic E-state index is 14.3. The van der Waals surface area contributed by atoms with Crippen LogP contribution in [-0.2, 0) is 16.1 Å². The molecular weight excluding hydrogens is 493 g/mol. The van der Waals surface area contributed by atoms with Crippen molar-refractivity contribution in [1.82, 2.24) is 0 Å². The van der Waals surface area contributed by atoms with Crippen molar-refractivity contribution in [2.24, 2.45) is 0 Å². The van der Waals surface area contributed by atoms with Gasteiger partial charge in [0.15, 0.2) is 0 Å². The number of ether oxygens (including phenoxy) is 1. The van der Waals surface area contributed by atoms with E-state index < -0.39 is 11.9 Å². The molecule has 4 aromatic rings. The molecule has 0 radical (unpaired) electrons. The van der Waals surface area contributed by atoms with Gasteiger partial charge < -0.3 is 9.64 Å². The first-order chi connectivity index (χ1) is 17.5. The first-order valence-corrected chi connectivity index (χ1v) is 12.4. The Labute approximate surface area is 221 Å². The monoisotopic (exact) mass is 517 g/mol. The average Bonchev–Trinajstić information content (AvgIpc) is 2.90. The predicted octanol–water partition coefficient (Wildman–Crippen LogP) is 7.54. The molecule has 0 bridgehead atoms. The number of carbonyl (C=O) groups is 2. The molecule has 0 spiro atoms. The van der Waals surface area contributed by atoms with Crippen LogP contribution < -0.4 is 4.90 Å². The Morgan fingerprint density at radius 1 is 0.750 bits per heavy atom. The van der Waals surface area contributed by atoms with Gasteiger partial charge in [-0.15, -0.1) is 0 Å². The van der Waals surface area contributed by atoms with E-state index >= 15 is 0 Å². The maximum Gasteiger partial charge on any atom is 0.338 e. The third kappa shape index (κ3) is 5.78. The summed E-state index contributed by atoms with van der Waals surface area (Å²) in [6.45, 7) is 2.20. The van der Waals surface area contributed by atoms with Gasteiger partial charge in [-0.2, -0.15) is 0 Å². The molecule has 36 heavy (non-hydrogen) atoms. The molecule has 0 unspecified atom stereocenters. The number of halogens is 2. The Hall–Kier alpha value is -3.60. The number of esters is 1. The fourth-order valence-electron chi connectivity index (χ4n) is 4.05. The van der Waals surface area contributed by atoms with E-state index in [4.69, 9.17) is 27.9 Å². The zero-order valence-electron chi connectivity index (χ0n) is 19.7. The second kappa shape index (κ2) is 11.9. The van der Waals surface area contributed by atoms with E-state index in [1.165, 1.54) is 0 Å². The highest BCUT2D eigenvalue weighted by Crippen LogP contribution is 2.33. The van der Waals surface area contributed by atoms with E-state index in [0.717, 1.165) is 11.1 Å². The van der Waals surface area contributed by atoms with Crippen LogP contribution in [-0.4, -0.2) is 18.5 Å². The van der Waals surface area contributed by atoms with E-state index in [1.54, 1.807) is 54.3 Å². The zero-order chi connectivity index (χ0) is 25.5. The Morgan fingerprint density at radius 2 is 1.28 bits per heavy atom. The summed E-state index contributed by atoms with van der Waals surface area (Å²) < 4.78 is 5.10. The molecule has 4 nitrogen and oxygen atoms in total. The maximum absolute atomic E-state index is 14.3. The first kappa shape index (κ1) is 25.5. The lowest BCUT2D eigenvalue weighted by molar-refractivity contribution is -0.119. The average molecular weight is 518 g/mol. The molecule has 182 valence electrons. The Bertz CT molecular complexity index is 1270. The molecule has 0 fully saturated rings. The number of anilines is 1. The van der Waals surface area contributed by atoms with Gasteiger partial charge in [-0.3, -0.25) is 4.79 Å². The van der Waals surface area contributed by atoms with E-state index in [1.807, 2.05) is 60.7 Å². The van der Waals surface area contributed by atoms with Crippen LogP contribution in [0.2, 0.25) is 10.0 Å². The van der Waals surface area contributed by atoms with Gasteiger partial charge in [0.05, 0.1) is 24.6 Å². The quantitative estimate of drug-likeness (QED) is 0.227. The molecule has 0 aliphatic heterocycles. The highest BCUT2D eigenvalue weighted by Gasteiger charge is 2.29. The van der Waals surface area contributed by atoms with Crippen LogP contribution in [0.5, 0.6) is 0 Å². The highest BCUT2D eigenvalue weighted by atomic mass is 35.5. The molecule has 0 aliphatic rings. The fourth-order valence-corrected chi connectivity index (χ4v) is 4.57. The number of benzene rings is 4. The fraction of sp³-hybridized carbons (Fsp3) is 0.133. The van der Waals surface area contributed by atoms with Gasteiger partial charge in [0.2, 0.25) is 5.91 Å². The van der Waals surface area contributed by atoms with Gasteiger partial charge in [0, 0.05) is 21.3 Å². The number of nitrogens with zero attached hydrogens (tertiary/aromatic N) is 1. The van der Waals surface area contributed by atoms with Gasteiger partial charge in [-0.1, -0.05) is 89.9 Å². The lowest BCUT2D eigenvalue weighted by atomic mass is 9.89. The smallest absolute Gasteiger partial charge is 0.338 e. The standard InChI is InChI=1S/C30H25Cl2NO3/c1-2-36-30(35)23-16-18-24(19-17-23)33(20-25-26(31)14-9-15-27(25)32)29(34)28(21-10-5-3-6-11-21)22-12-7-4-8-13-22/h3-19,28H,2,20H2,1H3. The Kier molecular flexibility index (Phi) is 8.42. The van der Waals surface area contributed by atoms with E-state index in [0.29, 0.717) is 26.9 Å². The molecule has 0 saturated heterocycles. The molecular formula is C30H25Cl2NO3. The van der Waals surface area contributed by atoms with Crippen molar-refractivity contribution in [3.8, 4) is 0 Å². The molecule has 0 aliphatic carbocycles. The van der Waals surface area contributed by atoms with Crippen LogP contribution in [0.15, 0.2) is 103 Å². The van der Waals surface area contributed by atoms with Crippen LogP contribution in [0.25, 0.3) is 0 Å². The largest absolute Gasteiger partial charge is 0.462 e. The lowest BCUT2D eigenvalue weighted by Gasteiger charge is -2.29. The summed E-state index contributed by atoms with van der Waals surface area (Å²) in [5.74, 6) is -1.12. The highest BCUT2D eigenvalue weighted by molar-refractivity contribution is 6.36. The van der Waals surface area contributed by atoms with Crippen molar-refractivity contribution in [2.45, 2.75) is 19.4 Å². The molecule has 0 N–H and O–H groups in total.